The van der Waals surface area contributed by atoms with Gasteiger partial charge >= 0.3 is 0 Å². The fourth-order valence-electron chi connectivity index (χ4n) is 1.68. The van der Waals surface area contributed by atoms with Gasteiger partial charge < -0.3 is 5.73 Å². The van der Waals surface area contributed by atoms with Gasteiger partial charge in [0.1, 0.15) is 6.33 Å². The normalized spacial score (nSPS) is 28.1. The fraction of sp³-hybridized carbons (Fsp3) is 0.750. The van der Waals surface area contributed by atoms with Gasteiger partial charge in [-0.1, -0.05) is 11.8 Å². The Morgan fingerprint density at radius 1 is 1.62 bits per heavy atom. The molecule has 0 aromatic carbocycles. The van der Waals surface area contributed by atoms with Crippen molar-refractivity contribution in [3.63, 3.8) is 0 Å². The molecule has 0 radical (unpaired) electrons. The summed E-state index contributed by atoms with van der Waals surface area (Å²) in [5.74, 6) is 1.95. The van der Waals surface area contributed by atoms with Crippen LogP contribution in [-0.4, -0.2) is 21.2 Å². The molecule has 72 valence electrons. The van der Waals surface area contributed by atoms with Crippen LogP contribution in [0.2, 0.25) is 0 Å². The molecule has 2 N–H and O–H groups in total. The van der Waals surface area contributed by atoms with Crippen molar-refractivity contribution < 1.29 is 0 Å². The van der Waals surface area contributed by atoms with Crippen molar-refractivity contribution in [1.29, 1.82) is 0 Å². The van der Waals surface area contributed by atoms with E-state index in [1.165, 1.54) is 30.8 Å². The Kier molecular flexibility index (Phi) is 3.18. The second-order valence-corrected chi connectivity index (χ2v) is 5.50. The molecule has 1 aliphatic carbocycles. The van der Waals surface area contributed by atoms with Crippen LogP contribution in [0.4, 0.5) is 0 Å². The second kappa shape index (κ2) is 4.39. The molecule has 0 amide bonds. The average molecular weight is 215 g/mol. The van der Waals surface area contributed by atoms with E-state index in [2.05, 4.69) is 9.36 Å². The third-order valence-corrected chi connectivity index (χ3v) is 4.39. The van der Waals surface area contributed by atoms with Crippen LogP contribution >= 0.6 is 23.3 Å². The summed E-state index contributed by atoms with van der Waals surface area (Å²) in [4.78, 5) is 4.14. The molecule has 2 atom stereocenters. The first kappa shape index (κ1) is 9.43. The number of thioether (sulfide) groups is 1. The molecule has 0 bridgehead atoms. The highest BCUT2D eigenvalue weighted by molar-refractivity contribution is 8.00. The Labute approximate surface area is 86.3 Å². The summed E-state index contributed by atoms with van der Waals surface area (Å²) in [7, 11) is 0. The molecular formula is C8H13N3S2. The Balaban J connectivity index is 1.74. The zero-order chi connectivity index (χ0) is 9.10. The third kappa shape index (κ3) is 2.65. The van der Waals surface area contributed by atoms with Gasteiger partial charge in [0.2, 0.25) is 0 Å². The van der Waals surface area contributed by atoms with Gasteiger partial charge in [-0.2, -0.15) is 4.37 Å². The molecule has 2 unspecified atom stereocenters. The number of nitrogens with two attached hydrogens (primary N) is 1. The highest BCUT2D eigenvalue weighted by Gasteiger charge is 2.21. The van der Waals surface area contributed by atoms with Crippen molar-refractivity contribution in [3.05, 3.63) is 6.33 Å². The summed E-state index contributed by atoms with van der Waals surface area (Å²) in [5.41, 5.74) is 5.84. The number of aromatic nitrogens is 2. The second-order valence-electron chi connectivity index (χ2n) is 3.46. The lowest BCUT2D eigenvalue weighted by Crippen LogP contribution is -2.15. The van der Waals surface area contributed by atoms with Crippen LogP contribution in [0.25, 0.3) is 0 Å². The lowest BCUT2D eigenvalue weighted by molar-refractivity contribution is 0.603. The Morgan fingerprint density at radius 3 is 3.15 bits per heavy atom. The van der Waals surface area contributed by atoms with Crippen molar-refractivity contribution >= 4 is 23.3 Å². The zero-order valence-electron chi connectivity index (χ0n) is 7.35. The van der Waals surface area contributed by atoms with E-state index >= 15 is 0 Å². The maximum Gasteiger partial charge on any atom is 0.169 e. The molecule has 3 nitrogen and oxygen atoms in total. The van der Waals surface area contributed by atoms with Gasteiger partial charge in [0.25, 0.3) is 0 Å². The maximum absolute atomic E-state index is 5.84. The summed E-state index contributed by atoms with van der Waals surface area (Å²) in [6, 6.07) is 0.444. The van der Waals surface area contributed by atoms with Crippen LogP contribution in [0, 0.1) is 5.92 Å². The summed E-state index contributed by atoms with van der Waals surface area (Å²) < 4.78 is 5.05. The minimum Gasteiger partial charge on any atom is -0.328 e. The summed E-state index contributed by atoms with van der Waals surface area (Å²) in [6.45, 7) is 0. The van der Waals surface area contributed by atoms with Crippen molar-refractivity contribution in [1.82, 2.24) is 9.36 Å². The smallest absolute Gasteiger partial charge is 0.169 e. The first-order valence-electron chi connectivity index (χ1n) is 4.49. The highest BCUT2D eigenvalue weighted by atomic mass is 32.2. The summed E-state index contributed by atoms with van der Waals surface area (Å²) >= 11 is 3.29. The van der Waals surface area contributed by atoms with Gasteiger partial charge in [-0.25, -0.2) is 4.98 Å². The van der Waals surface area contributed by atoms with Gasteiger partial charge in [-0.3, -0.25) is 0 Å². The van der Waals surface area contributed by atoms with E-state index in [9.17, 15) is 0 Å². The van der Waals surface area contributed by atoms with Gasteiger partial charge in [-0.15, -0.1) is 0 Å². The molecule has 1 aliphatic rings. The van der Waals surface area contributed by atoms with E-state index in [0.717, 1.165) is 16.0 Å². The van der Waals surface area contributed by atoms with Crippen LogP contribution in [-0.2, 0) is 0 Å². The SMILES string of the molecule is NC1CCC(CSc2ncns2)C1. The summed E-state index contributed by atoms with van der Waals surface area (Å²) in [6.07, 6.45) is 5.29. The monoisotopic (exact) mass is 215 g/mol. The molecular weight excluding hydrogens is 202 g/mol. The molecule has 2 rings (SSSR count). The Bertz CT molecular complexity index is 250. The lowest BCUT2D eigenvalue weighted by atomic mass is 10.1. The highest BCUT2D eigenvalue weighted by Crippen LogP contribution is 2.30. The molecule has 1 fully saturated rings. The maximum atomic E-state index is 5.84. The predicted molar refractivity (Wildman–Crippen MR) is 55.9 cm³/mol. The number of hydrogen-bond acceptors (Lipinski definition) is 5. The first-order chi connectivity index (χ1) is 6.34. The number of rotatable bonds is 3. The van der Waals surface area contributed by atoms with Crippen molar-refractivity contribution in [2.24, 2.45) is 11.7 Å². The van der Waals surface area contributed by atoms with Crippen LogP contribution in [0.3, 0.4) is 0 Å². The van der Waals surface area contributed by atoms with Crippen molar-refractivity contribution in [2.45, 2.75) is 29.6 Å². The van der Waals surface area contributed by atoms with Gasteiger partial charge in [0.15, 0.2) is 4.34 Å². The molecule has 0 aliphatic heterocycles. The van der Waals surface area contributed by atoms with E-state index in [4.69, 9.17) is 5.73 Å². The fourth-order valence-corrected chi connectivity index (χ4v) is 3.31. The Hall–Kier alpha value is -0.130. The number of nitrogens with zero attached hydrogens (tertiary/aromatic N) is 2. The third-order valence-electron chi connectivity index (χ3n) is 2.37. The molecule has 0 saturated heterocycles. The molecule has 1 aromatic rings. The average Bonchev–Trinajstić information content (AvgIpc) is 2.71. The zero-order valence-corrected chi connectivity index (χ0v) is 8.98. The standard InChI is InChI=1S/C8H13N3S2/c9-7-2-1-6(3-7)4-12-8-10-5-11-13-8/h5-7H,1-4,9H2. The molecule has 1 heterocycles. The van der Waals surface area contributed by atoms with E-state index in [0.29, 0.717) is 6.04 Å². The predicted octanol–water partition coefficient (Wildman–Crippen LogP) is 1.76. The van der Waals surface area contributed by atoms with Crippen LogP contribution in [0.15, 0.2) is 10.7 Å². The molecule has 1 saturated carbocycles. The van der Waals surface area contributed by atoms with Gasteiger partial charge in [0, 0.05) is 11.8 Å². The van der Waals surface area contributed by atoms with Crippen molar-refractivity contribution in [3.8, 4) is 0 Å². The van der Waals surface area contributed by atoms with E-state index in [-0.39, 0.29) is 0 Å². The molecule has 5 heteroatoms. The topological polar surface area (TPSA) is 51.8 Å². The minimum atomic E-state index is 0.444. The van der Waals surface area contributed by atoms with Crippen molar-refractivity contribution in [2.75, 3.05) is 5.75 Å². The first-order valence-corrected chi connectivity index (χ1v) is 6.25. The van der Waals surface area contributed by atoms with Crippen LogP contribution in [0.5, 0.6) is 0 Å². The van der Waals surface area contributed by atoms with Crippen LogP contribution < -0.4 is 5.73 Å². The minimum absolute atomic E-state index is 0.444. The quantitative estimate of drug-likeness (QED) is 0.781. The Morgan fingerprint density at radius 2 is 2.54 bits per heavy atom. The molecule has 13 heavy (non-hydrogen) atoms. The summed E-state index contributed by atoms with van der Waals surface area (Å²) in [5, 5.41) is 0. The molecule has 0 spiro atoms. The largest absolute Gasteiger partial charge is 0.328 e. The van der Waals surface area contributed by atoms with E-state index in [1.54, 1.807) is 6.33 Å². The van der Waals surface area contributed by atoms with Gasteiger partial charge in [0.05, 0.1) is 0 Å². The lowest BCUT2D eigenvalue weighted by Gasteiger charge is -2.06. The van der Waals surface area contributed by atoms with Gasteiger partial charge in [-0.05, 0) is 36.7 Å². The van der Waals surface area contributed by atoms with E-state index < -0.39 is 0 Å². The molecule has 1 aromatic heterocycles. The number of hydrogen-bond donors (Lipinski definition) is 1. The van der Waals surface area contributed by atoms with Crippen LogP contribution in [0.1, 0.15) is 19.3 Å². The van der Waals surface area contributed by atoms with E-state index in [1.807, 2.05) is 11.8 Å².